The Bertz CT molecular complexity index is 1090. The van der Waals surface area contributed by atoms with Gasteiger partial charge in [0.1, 0.15) is 6.04 Å². The zero-order valence-electron chi connectivity index (χ0n) is 16.1. The number of hydrogen-bond donors (Lipinski definition) is 2. The molecule has 8 nitrogen and oxygen atoms in total. The average Bonchev–Trinajstić information content (AvgIpc) is 3.22. The standard InChI is InChI=1S/C20H16N4O4S3/c1-11(18(27)28)21-15(25)12-7-9-14(10-8-12)23-20(30)31-17-16(26)22(19(29)24(17)23)13-5-3-2-4-6-13/h2-11,17H,1H3,(H,21,25)(H,27,28). The molecular weight excluding hydrogens is 456 g/mol. The number of carbonyl (C=O) groups is 3. The van der Waals surface area contributed by atoms with E-state index >= 15 is 0 Å². The van der Waals surface area contributed by atoms with Crippen LogP contribution in [-0.2, 0) is 9.59 Å². The van der Waals surface area contributed by atoms with Crippen LogP contribution in [0.1, 0.15) is 17.3 Å². The van der Waals surface area contributed by atoms with Crippen LogP contribution in [0.4, 0.5) is 11.4 Å². The fourth-order valence-corrected chi connectivity index (χ4v) is 5.08. The Labute approximate surface area is 192 Å². The molecule has 31 heavy (non-hydrogen) atoms. The fraction of sp³-hybridized carbons (Fsp3) is 0.150. The van der Waals surface area contributed by atoms with Crippen molar-refractivity contribution in [3.63, 3.8) is 0 Å². The van der Waals surface area contributed by atoms with Crippen LogP contribution in [0.5, 0.6) is 0 Å². The molecule has 2 unspecified atom stereocenters. The minimum absolute atomic E-state index is 0.176. The maximum Gasteiger partial charge on any atom is 0.325 e. The van der Waals surface area contributed by atoms with Gasteiger partial charge in [-0.1, -0.05) is 42.2 Å². The lowest BCUT2D eigenvalue weighted by Crippen LogP contribution is -2.44. The molecule has 0 saturated carbocycles. The molecule has 2 aliphatic heterocycles. The number of nitrogens with one attached hydrogen (secondary N) is 1. The first kappa shape index (κ1) is 21.2. The Morgan fingerprint density at radius 2 is 1.71 bits per heavy atom. The van der Waals surface area contributed by atoms with Crippen LogP contribution in [0.25, 0.3) is 0 Å². The molecule has 2 N–H and O–H groups in total. The number of hydrogen-bond acceptors (Lipinski definition) is 6. The van der Waals surface area contributed by atoms with Gasteiger partial charge in [-0.15, -0.1) is 0 Å². The summed E-state index contributed by atoms with van der Waals surface area (Å²) in [7, 11) is 0. The smallest absolute Gasteiger partial charge is 0.325 e. The van der Waals surface area contributed by atoms with Gasteiger partial charge in [-0.2, -0.15) is 0 Å². The number of nitrogens with zero attached hydrogens (tertiary/aromatic N) is 3. The number of hydrazine groups is 1. The van der Waals surface area contributed by atoms with Gasteiger partial charge in [0, 0.05) is 5.56 Å². The Balaban J connectivity index is 1.58. The maximum absolute atomic E-state index is 13.0. The lowest BCUT2D eigenvalue weighted by Gasteiger charge is -2.29. The summed E-state index contributed by atoms with van der Waals surface area (Å²) in [6.07, 6.45) is 0. The summed E-state index contributed by atoms with van der Waals surface area (Å²) in [4.78, 5) is 37.7. The van der Waals surface area contributed by atoms with Crippen LogP contribution in [0.2, 0.25) is 0 Å². The Hall–Kier alpha value is -3.02. The van der Waals surface area contributed by atoms with Crippen LogP contribution >= 0.6 is 36.2 Å². The van der Waals surface area contributed by atoms with Gasteiger partial charge < -0.3 is 10.4 Å². The van der Waals surface area contributed by atoms with Crippen molar-refractivity contribution in [1.82, 2.24) is 10.3 Å². The topological polar surface area (TPSA) is 93.2 Å². The van der Waals surface area contributed by atoms with E-state index in [-0.39, 0.29) is 5.91 Å². The normalized spacial score (nSPS) is 18.9. The zero-order valence-corrected chi connectivity index (χ0v) is 18.5. The molecule has 0 spiro atoms. The number of anilines is 2. The Morgan fingerprint density at radius 3 is 2.32 bits per heavy atom. The molecule has 158 valence electrons. The number of carboxylic acid groups (broad SMARTS) is 1. The molecule has 2 aromatic rings. The number of thiocarbonyl (C=S) groups is 2. The zero-order chi connectivity index (χ0) is 22.3. The minimum atomic E-state index is -1.12. The van der Waals surface area contributed by atoms with Crippen molar-refractivity contribution in [2.75, 3.05) is 9.91 Å². The van der Waals surface area contributed by atoms with E-state index < -0.39 is 23.3 Å². The Morgan fingerprint density at radius 1 is 1.06 bits per heavy atom. The van der Waals surface area contributed by atoms with Crippen molar-refractivity contribution >= 4 is 74.8 Å². The summed E-state index contributed by atoms with van der Waals surface area (Å²) in [5.41, 5.74) is 1.61. The van der Waals surface area contributed by atoms with E-state index in [1.165, 1.54) is 23.6 Å². The lowest BCUT2D eigenvalue weighted by molar-refractivity contribution is -0.138. The van der Waals surface area contributed by atoms with Crippen molar-refractivity contribution in [2.24, 2.45) is 0 Å². The van der Waals surface area contributed by atoms with Crippen LogP contribution in [0, 0.1) is 0 Å². The van der Waals surface area contributed by atoms with Gasteiger partial charge in [-0.25, -0.2) is 10.0 Å². The number of carboxylic acids is 1. The van der Waals surface area contributed by atoms with Crippen molar-refractivity contribution in [3.05, 3.63) is 60.2 Å². The molecule has 11 heteroatoms. The first-order valence-corrected chi connectivity index (χ1v) is 10.9. The molecule has 2 heterocycles. The third kappa shape index (κ3) is 3.75. The van der Waals surface area contributed by atoms with Crippen LogP contribution in [0.15, 0.2) is 54.6 Å². The van der Waals surface area contributed by atoms with E-state index in [4.69, 9.17) is 29.5 Å². The van der Waals surface area contributed by atoms with E-state index in [2.05, 4.69) is 5.32 Å². The maximum atomic E-state index is 13.0. The number of aliphatic carboxylic acids is 1. The molecule has 2 aliphatic rings. The lowest BCUT2D eigenvalue weighted by atomic mass is 10.2. The average molecular weight is 473 g/mol. The van der Waals surface area contributed by atoms with Crippen molar-refractivity contribution in [3.8, 4) is 0 Å². The van der Waals surface area contributed by atoms with Crippen molar-refractivity contribution < 1.29 is 19.5 Å². The summed E-state index contributed by atoms with van der Waals surface area (Å²) in [5.74, 6) is -1.80. The minimum Gasteiger partial charge on any atom is -0.480 e. The molecule has 2 aromatic carbocycles. The second-order valence-corrected chi connectivity index (χ2v) is 8.84. The molecule has 0 bridgehead atoms. The number of rotatable bonds is 5. The highest BCUT2D eigenvalue weighted by atomic mass is 32.2. The summed E-state index contributed by atoms with van der Waals surface area (Å²) >= 11 is 12.3. The Kier molecular flexibility index (Phi) is 5.65. The van der Waals surface area contributed by atoms with Gasteiger partial charge in [-0.3, -0.25) is 19.3 Å². The van der Waals surface area contributed by atoms with Gasteiger partial charge in [-0.05, 0) is 55.5 Å². The predicted molar refractivity (Wildman–Crippen MR) is 126 cm³/mol. The fourth-order valence-electron chi connectivity index (χ4n) is 3.18. The summed E-state index contributed by atoms with van der Waals surface area (Å²) < 4.78 is 0.463. The number of benzene rings is 2. The highest BCUT2D eigenvalue weighted by Crippen LogP contribution is 2.41. The number of thioether (sulfide) groups is 1. The van der Waals surface area contributed by atoms with Gasteiger partial charge in [0.15, 0.2) is 9.69 Å². The molecule has 2 fully saturated rings. The van der Waals surface area contributed by atoms with Gasteiger partial charge in [0.2, 0.25) is 5.11 Å². The third-order valence-electron chi connectivity index (χ3n) is 4.75. The molecule has 0 aromatic heterocycles. The van der Waals surface area contributed by atoms with E-state index in [0.717, 1.165) is 0 Å². The SMILES string of the molecule is CC(NC(=O)c1ccc(N2C(=S)SC3C(=O)N(c4ccccc4)C(=S)N32)cc1)C(=O)O. The second-order valence-electron chi connectivity index (χ2n) is 6.76. The van der Waals surface area contributed by atoms with Crippen LogP contribution < -0.4 is 15.2 Å². The highest BCUT2D eigenvalue weighted by Gasteiger charge is 2.53. The third-order valence-corrected chi connectivity index (χ3v) is 6.58. The van der Waals surface area contributed by atoms with E-state index in [1.54, 1.807) is 34.3 Å². The van der Waals surface area contributed by atoms with Gasteiger partial charge in [0.05, 0.1) is 11.4 Å². The number of carbonyl (C=O) groups excluding carboxylic acids is 2. The van der Waals surface area contributed by atoms with Gasteiger partial charge >= 0.3 is 5.97 Å². The highest BCUT2D eigenvalue weighted by molar-refractivity contribution is 8.24. The molecule has 2 amide bonds. The monoisotopic (exact) mass is 472 g/mol. The molecule has 0 aliphatic carbocycles. The number of para-hydroxylation sites is 1. The van der Waals surface area contributed by atoms with Gasteiger partial charge in [0.25, 0.3) is 11.8 Å². The van der Waals surface area contributed by atoms with E-state index in [0.29, 0.717) is 26.4 Å². The molecule has 2 atom stereocenters. The quantitative estimate of drug-likeness (QED) is 0.637. The second kappa shape index (κ2) is 8.25. The molecule has 0 radical (unpaired) electrons. The summed E-state index contributed by atoms with van der Waals surface area (Å²) in [6, 6.07) is 14.6. The number of amides is 2. The van der Waals surface area contributed by atoms with Crippen molar-refractivity contribution in [1.29, 1.82) is 0 Å². The van der Waals surface area contributed by atoms with E-state index in [1.807, 2.05) is 30.3 Å². The van der Waals surface area contributed by atoms with Crippen LogP contribution in [0.3, 0.4) is 0 Å². The van der Waals surface area contributed by atoms with Crippen LogP contribution in [-0.4, -0.2) is 48.7 Å². The predicted octanol–water partition coefficient (Wildman–Crippen LogP) is 2.60. The molecular formula is C20H16N4O4S3. The summed E-state index contributed by atoms with van der Waals surface area (Å²) in [6.45, 7) is 1.39. The largest absolute Gasteiger partial charge is 0.480 e. The number of fused-ring (bicyclic) bond motifs is 1. The summed E-state index contributed by atoms with van der Waals surface area (Å²) in [5, 5.41) is 14.4. The molecule has 4 rings (SSSR count). The van der Waals surface area contributed by atoms with E-state index in [9.17, 15) is 14.4 Å². The van der Waals surface area contributed by atoms with Crippen molar-refractivity contribution in [2.45, 2.75) is 18.3 Å². The molecule has 2 saturated heterocycles. The first-order chi connectivity index (χ1) is 14.8. The first-order valence-electron chi connectivity index (χ1n) is 9.16.